The van der Waals surface area contributed by atoms with Gasteiger partial charge in [-0.25, -0.2) is 10.6 Å². The van der Waals surface area contributed by atoms with Crippen LogP contribution in [-0.2, 0) is 9.59 Å². The first kappa shape index (κ1) is 12.2. The van der Waals surface area contributed by atoms with Crippen LogP contribution in [-0.4, -0.2) is 11.9 Å². The molecule has 0 aliphatic heterocycles. The van der Waals surface area contributed by atoms with Gasteiger partial charge in [-0.05, 0) is 12.1 Å². The van der Waals surface area contributed by atoms with Crippen molar-refractivity contribution in [2.75, 3.05) is 0 Å². The molecule has 7 heteroatoms. The van der Waals surface area contributed by atoms with E-state index in [9.17, 15) is 9.59 Å². The number of esters is 1. The van der Waals surface area contributed by atoms with Crippen molar-refractivity contribution in [1.82, 2.24) is 5.43 Å². The van der Waals surface area contributed by atoms with Crippen LogP contribution in [0.3, 0.4) is 0 Å². The number of benzene rings is 1. The van der Waals surface area contributed by atoms with Crippen LogP contribution in [0.2, 0.25) is 0 Å². The number of hydrogen-bond acceptors (Lipinski definition) is 6. The van der Waals surface area contributed by atoms with E-state index in [1.165, 1.54) is 18.2 Å². The van der Waals surface area contributed by atoms with Crippen molar-refractivity contribution in [2.45, 2.75) is 0 Å². The van der Waals surface area contributed by atoms with Crippen molar-refractivity contribution in [3.63, 3.8) is 0 Å². The second-order valence-corrected chi connectivity index (χ2v) is 2.80. The van der Waals surface area contributed by atoms with Crippen molar-refractivity contribution >= 4 is 11.9 Å². The average molecular weight is 230 g/mol. The normalized spacial score (nSPS) is 8.65. The number of amides is 1. The first-order valence-electron chi connectivity index (χ1n) is 4.29. The molecule has 1 amide bonds. The van der Waals surface area contributed by atoms with Crippen LogP contribution in [0.1, 0.15) is 11.1 Å². The topological polar surface area (TPSA) is 129 Å². The Hall–Kier alpha value is -2.90. The third kappa shape index (κ3) is 2.78. The minimum absolute atomic E-state index is 0.0298. The Morgan fingerprint density at radius 3 is 2.53 bits per heavy atom. The van der Waals surface area contributed by atoms with Gasteiger partial charge in [-0.2, -0.15) is 10.5 Å². The molecule has 0 unspecified atom stereocenters. The van der Waals surface area contributed by atoms with E-state index in [0.29, 0.717) is 0 Å². The van der Waals surface area contributed by atoms with Crippen molar-refractivity contribution < 1.29 is 14.3 Å². The maximum absolute atomic E-state index is 11.1. The Kier molecular flexibility index (Phi) is 3.76. The summed E-state index contributed by atoms with van der Waals surface area (Å²) in [7, 11) is 0. The van der Waals surface area contributed by atoms with Crippen molar-refractivity contribution in [1.29, 1.82) is 10.5 Å². The Balaban J connectivity index is 3.05. The van der Waals surface area contributed by atoms with Gasteiger partial charge in [0.05, 0.1) is 17.2 Å². The number of hydrazine groups is 1. The molecule has 0 bridgehead atoms. The summed E-state index contributed by atoms with van der Waals surface area (Å²) in [5.74, 6) is 2.15. The highest BCUT2D eigenvalue weighted by Gasteiger charge is 2.17. The highest BCUT2D eigenvalue weighted by atomic mass is 16.5. The third-order valence-electron chi connectivity index (χ3n) is 1.75. The van der Waals surface area contributed by atoms with Crippen LogP contribution in [0.4, 0.5) is 0 Å². The van der Waals surface area contributed by atoms with Gasteiger partial charge in [0.1, 0.15) is 11.8 Å². The van der Waals surface area contributed by atoms with Crippen molar-refractivity contribution in [3.8, 4) is 17.9 Å². The molecular formula is C10H6N4O3. The standard InChI is InChI=1S/C10H6N4O3/c11-4-6-1-2-7(5-12)8(3-6)17-10(16)9(15)14-13/h1-3H,13H2,(H,14,15). The molecule has 0 saturated heterocycles. The molecule has 84 valence electrons. The van der Waals surface area contributed by atoms with Gasteiger partial charge in [-0.15, -0.1) is 0 Å². The largest absolute Gasteiger partial charge is 0.418 e. The Morgan fingerprint density at radius 2 is 2.00 bits per heavy atom. The number of rotatable bonds is 1. The molecule has 17 heavy (non-hydrogen) atoms. The Bertz CT molecular complexity index is 554. The van der Waals surface area contributed by atoms with Gasteiger partial charge in [-0.1, -0.05) is 0 Å². The van der Waals surface area contributed by atoms with Crippen LogP contribution in [0.25, 0.3) is 0 Å². The monoisotopic (exact) mass is 230 g/mol. The molecule has 7 nitrogen and oxygen atoms in total. The van der Waals surface area contributed by atoms with Gasteiger partial charge in [0.15, 0.2) is 0 Å². The summed E-state index contributed by atoms with van der Waals surface area (Å²) < 4.78 is 4.63. The minimum atomic E-state index is -1.26. The zero-order chi connectivity index (χ0) is 12.8. The van der Waals surface area contributed by atoms with Gasteiger partial charge in [0, 0.05) is 6.07 Å². The van der Waals surface area contributed by atoms with Gasteiger partial charge >= 0.3 is 11.9 Å². The quantitative estimate of drug-likeness (QED) is 0.164. The van der Waals surface area contributed by atoms with E-state index >= 15 is 0 Å². The molecular weight excluding hydrogens is 224 g/mol. The molecule has 1 rings (SSSR count). The van der Waals surface area contributed by atoms with Crippen LogP contribution in [0, 0.1) is 22.7 Å². The SMILES string of the molecule is N#Cc1ccc(C#N)c(OC(=O)C(=O)NN)c1. The summed E-state index contributed by atoms with van der Waals surface area (Å²) in [6.07, 6.45) is 0. The van der Waals surface area contributed by atoms with Gasteiger partial charge in [0.25, 0.3) is 0 Å². The average Bonchev–Trinajstić information content (AvgIpc) is 2.37. The van der Waals surface area contributed by atoms with E-state index in [0.717, 1.165) is 0 Å². The van der Waals surface area contributed by atoms with Gasteiger partial charge in [-0.3, -0.25) is 10.2 Å². The molecule has 0 atom stereocenters. The van der Waals surface area contributed by atoms with E-state index in [1.807, 2.05) is 6.07 Å². The molecule has 0 aliphatic rings. The second-order valence-electron chi connectivity index (χ2n) is 2.80. The molecule has 0 spiro atoms. The number of hydrogen-bond donors (Lipinski definition) is 2. The lowest BCUT2D eigenvalue weighted by molar-refractivity contribution is -0.148. The fourth-order valence-corrected chi connectivity index (χ4v) is 0.974. The molecule has 1 aromatic rings. The van der Waals surface area contributed by atoms with Crippen LogP contribution < -0.4 is 16.0 Å². The van der Waals surface area contributed by atoms with E-state index in [2.05, 4.69) is 4.74 Å². The molecule has 0 aliphatic carbocycles. The summed E-state index contributed by atoms with van der Waals surface area (Å²) in [5.41, 5.74) is 1.81. The first-order chi connectivity index (χ1) is 8.12. The summed E-state index contributed by atoms with van der Waals surface area (Å²) in [6, 6.07) is 7.44. The van der Waals surface area contributed by atoms with Gasteiger partial charge < -0.3 is 4.74 Å². The summed E-state index contributed by atoms with van der Waals surface area (Å²) in [4.78, 5) is 21.9. The Morgan fingerprint density at radius 1 is 1.29 bits per heavy atom. The maximum Gasteiger partial charge on any atom is 0.403 e. The molecule has 0 aromatic heterocycles. The first-order valence-corrected chi connectivity index (χ1v) is 4.29. The summed E-state index contributed by atoms with van der Waals surface area (Å²) >= 11 is 0. The predicted molar refractivity (Wildman–Crippen MR) is 53.8 cm³/mol. The summed E-state index contributed by atoms with van der Waals surface area (Å²) in [5, 5.41) is 17.4. The lowest BCUT2D eigenvalue weighted by Crippen LogP contribution is -2.38. The highest BCUT2D eigenvalue weighted by Crippen LogP contribution is 2.19. The number of ether oxygens (including phenoxy) is 1. The number of nitrogens with zero attached hydrogens (tertiary/aromatic N) is 2. The van der Waals surface area contributed by atoms with E-state index in [1.54, 1.807) is 11.5 Å². The molecule has 1 aromatic carbocycles. The number of carbonyl (C=O) groups is 2. The zero-order valence-electron chi connectivity index (χ0n) is 8.43. The van der Waals surface area contributed by atoms with Crippen LogP contribution in [0.5, 0.6) is 5.75 Å². The Labute approximate surface area is 96.0 Å². The van der Waals surface area contributed by atoms with Gasteiger partial charge in [0.2, 0.25) is 0 Å². The second kappa shape index (κ2) is 5.26. The molecule has 0 fully saturated rings. The fraction of sp³-hybridized carbons (Fsp3) is 0. The van der Waals surface area contributed by atoms with E-state index in [-0.39, 0.29) is 16.9 Å². The highest BCUT2D eigenvalue weighted by molar-refractivity contribution is 6.32. The van der Waals surface area contributed by atoms with Crippen LogP contribution >= 0.6 is 0 Å². The van der Waals surface area contributed by atoms with Crippen molar-refractivity contribution in [2.24, 2.45) is 5.84 Å². The summed E-state index contributed by atoms with van der Waals surface area (Å²) in [6.45, 7) is 0. The number of nitrogens with two attached hydrogens (primary N) is 1. The molecule has 0 saturated carbocycles. The number of nitrogens with one attached hydrogen (secondary N) is 1. The number of carbonyl (C=O) groups excluding carboxylic acids is 2. The van der Waals surface area contributed by atoms with Crippen LogP contribution in [0.15, 0.2) is 18.2 Å². The lowest BCUT2D eigenvalue weighted by atomic mass is 10.1. The van der Waals surface area contributed by atoms with E-state index in [4.69, 9.17) is 16.4 Å². The van der Waals surface area contributed by atoms with Crippen molar-refractivity contribution in [3.05, 3.63) is 29.3 Å². The zero-order valence-corrected chi connectivity index (χ0v) is 8.43. The molecule has 0 radical (unpaired) electrons. The van der Waals surface area contributed by atoms with E-state index < -0.39 is 11.9 Å². The predicted octanol–water partition coefficient (Wildman–Crippen LogP) is -0.675. The lowest BCUT2D eigenvalue weighted by Gasteiger charge is -2.04. The molecule has 0 heterocycles. The third-order valence-corrected chi connectivity index (χ3v) is 1.75. The maximum atomic E-state index is 11.1. The minimum Gasteiger partial charge on any atom is -0.418 e. The molecule has 3 N–H and O–H groups in total. The fourth-order valence-electron chi connectivity index (χ4n) is 0.974. The number of nitriles is 2. The smallest absolute Gasteiger partial charge is 0.403 e.